The number of nitrogens with one attached hydrogen (secondary N) is 1. The fraction of sp³-hybridized carbons (Fsp3) is 0.765. The fourth-order valence-corrected chi connectivity index (χ4v) is 2.11. The molecule has 0 atom stereocenters. The van der Waals surface area contributed by atoms with Crippen LogP contribution in [0.2, 0.25) is 0 Å². The Kier molecular flexibility index (Phi) is 12.8. The minimum Gasteiger partial charge on any atom is -0.481 e. The van der Waals surface area contributed by atoms with Crippen molar-refractivity contribution < 1.29 is 9.90 Å². The number of aromatic amines is 1. The lowest BCUT2D eigenvalue weighted by Crippen LogP contribution is -1.90. The molecule has 1 heterocycles. The Hall–Kier alpha value is -1.32. The van der Waals surface area contributed by atoms with Gasteiger partial charge in [-0.25, -0.2) is 4.98 Å². The van der Waals surface area contributed by atoms with E-state index < -0.39 is 5.97 Å². The molecule has 0 spiro atoms. The lowest BCUT2D eigenvalue weighted by atomic mass is 10.1. The number of nitrogens with zero attached hydrogens (tertiary/aromatic N) is 1. The molecule has 0 aromatic carbocycles. The molecule has 4 nitrogen and oxygen atoms in total. The molecule has 4 heteroatoms. The van der Waals surface area contributed by atoms with Crippen LogP contribution in [0.1, 0.15) is 83.7 Å². The summed E-state index contributed by atoms with van der Waals surface area (Å²) in [5, 5.41) is 7.42. The van der Waals surface area contributed by atoms with E-state index in [9.17, 15) is 0 Å². The number of aliphatic carboxylic acids is 1. The summed E-state index contributed by atoms with van der Waals surface area (Å²) in [4.78, 5) is 17.0. The molecule has 0 amide bonds. The van der Waals surface area contributed by atoms with Crippen LogP contribution >= 0.6 is 0 Å². The van der Waals surface area contributed by atoms with Gasteiger partial charge in [-0.05, 0) is 19.3 Å². The van der Waals surface area contributed by atoms with Crippen LogP contribution in [-0.4, -0.2) is 21.0 Å². The van der Waals surface area contributed by atoms with E-state index in [0.29, 0.717) is 0 Å². The maximum absolute atomic E-state index is 9.00. The molecule has 0 saturated carbocycles. The van der Waals surface area contributed by atoms with Crippen molar-refractivity contribution in [3.05, 3.63) is 17.7 Å². The number of aryl methyl sites for hydroxylation is 2. The summed E-state index contributed by atoms with van der Waals surface area (Å²) < 4.78 is 0. The van der Waals surface area contributed by atoms with Crippen molar-refractivity contribution in [2.75, 3.05) is 0 Å². The van der Waals surface area contributed by atoms with Crippen molar-refractivity contribution in [1.29, 1.82) is 0 Å². The number of aromatic nitrogens is 2. The first-order valence-corrected chi connectivity index (χ1v) is 8.32. The van der Waals surface area contributed by atoms with E-state index in [1.165, 1.54) is 62.9 Å². The van der Waals surface area contributed by atoms with Crippen molar-refractivity contribution >= 4 is 5.97 Å². The molecule has 0 aliphatic carbocycles. The molecule has 1 aromatic heterocycles. The highest BCUT2D eigenvalue weighted by atomic mass is 16.4. The topological polar surface area (TPSA) is 66.0 Å². The fourth-order valence-electron chi connectivity index (χ4n) is 2.11. The predicted octanol–water partition coefficient (Wildman–Crippen LogP) is 4.75. The highest BCUT2D eigenvalue weighted by molar-refractivity contribution is 5.62. The molecule has 0 saturated heterocycles. The second kappa shape index (κ2) is 13.7. The van der Waals surface area contributed by atoms with Crippen LogP contribution in [0.4, 0.5) is 0 Å². The molecule has 2 N–H and O–H groups in total. The van der Waals surface area contributed by atoms with E-state index >= 15 is 0 Å². The lowest BCUT2D eigenvalue weighted by molar-refractivity contribution is -0.134. The van der Waals surface area contributed by atoms with Gasteiger partial charge in [0, 0.05) is 19.5 Å². The summed E-state index contributed by atoms with van der Waals surface area (Å²) in [7, 11) is 0. The zero-order valence-corrected chi connectivity index (χ0v) is 14.0. The Morgan fingerprint density at radius 1 is 1.05 bits per heavy atom. The van der Waals surface area contributed by atoms with Gasteiger partial charge in [0.1, 0.15) is 5.82 Å². The lowest BCUT2D eigenvalue weighted by Gasteiger charge is -1.97. The third-order valence-electron chi connectivity index (χ3n) is 3.24. The first-order chi connectivity index (χ1) is 10.1. The van der Waals surface area contributed by atoms with E-state index in [-0.39, 0.29) is 0 Å². The number of hydrogen-bond acceptors (Lipinski definition) is 2. The molecule has 0 bridgehead atoms. The Morgan fingerprint density at radius 2 is 1.57 bits per heavy atom. The molecule has 0 aliphatic heterocycles. The molecule has 1 rings (SSSR count). The number of carboxylic acids is 1. The van der Waals surface area contributed by atoms with Crippen LogP contribution in [0.15, 0.2) is 6.20 Å². The van der Waals surface area contributed by atoms with Crippen LogP contribution in [0.25, 0.3) is 0 Å². The zero-order chi connectivity index (χ0) is 15.9. The van der Waals surface area contributed by atoms with Gasteiger partial charge in [0.25, 0.3) is 5.97 Å². The summed E-state index contributed by atoms with van der Waals surface area (Å²) in [6, 6.07) is 0. The average Bonchev–Trinajstić information content (AvgIpc) is 2.87. The summed E-state index contributed by atoms with van der Waals surface area (Å²) in [5.74, 6) is 0.353. The standard InChI is InChI=1S/C15H28N2.C2H4O2/c1-3-5-7-9-11-14-13-16-15(17-14)12-10-8-6-4-2;1-2(3)4/h13H,3-12H2,1-2H3,(H,16,17);1H3,(H,3,4). The molecule has 122 valence electrons. The van der Waals surface area contributed by atoms with Gasteiger partial charge in [0.05, 0.1) is 5.69 Å². The van der Waals surface area contributed by atoms with Gasteiger partial charge in [-0.3, -0.25) is 4.79 Å². The maximum Gasteiger partial charge on any atom is 0.300 e. The monoisotopic (exact) mass is 296 g/mol. The SMILES string of the molecule is CC(=O)O.CCCCCCc1c[nH]c(CCCCCC)n1. The quantitative estimate of drug-likeness (QED) is 0.612. The Balaban J connectivity index is 0.000000885. The van der Waals surface area contributed by atoms with Crippen molar-refractivity contribution in [3.8, 4) is 0 Å². The minimum absolute atomic E-state index is 0.833. The van der Waals surface area contributed by atoms with Crippen molar-refractivity contribution in [2.24, 2.45) is 0 Å². The first-order valence-electron chi connectivity index (χ1n) is 8.32. The van der Waals surface area contributed by atoms with Gasteiger partial charge in [0.15, 0.2) is 0 Å². The van der Waals surface area contributed by atoms with Gasteiger partial charge in [-0.2, -0.15) is 0 Å². The summed E-state index contributed by atoms with van der Waals surface area (Å²) >= 11 is 0. The Bertz CT molecular complexity index is 331. The van der Waals surface area contributed by atoms with Crippen molar-refractivity contribution in [1.82, 2.24) is 9.97 Å². The predicted molar refractivity (Wildman–Crippen MR) is 87.6 cm³/mol. The maximum atomic E-state index is 9.00. The van der Waals surface area contributed by atoms with Crippen LogP contribution in [-0.2, 0) is 17.6 Å². The second-order valence-electron chi connectivity index (χ2n) is 5.48. The molecule has 0 aliphatic rings. The third kappa shape index (κ3) is 13.4. The summed E-state index contributed by atoms with van der Waals surface area (Å²) in [6.45, 7) is 5.59. The summed E-state index contributed by atoms with van der Waals surface area (Å²) in [6.07, 6.45) is 14.9. The van der Waals surface area contributed by atoms with E-state index in [1.807, 2.05) is 0 Å². The number of H-pyrrole nitrogens is 1. The van der Waals surface area contributed by atoms with E-state index in [1.54, 1.807) is 0 Å². The van der Waals surface area contributed by atoms with Gasteiger partial charge < -0.3 is 10.1 Å². The molecule has 0 radical (unpaired) electrons. The first kappa shape index (κ1) is 19.7. The third-order valence-corrected chi connectivity index (χ3v) is 3.24. The number of unbranched alkanes of at least 4 members (excludes halogenated alkanes) is 6. The highest BCUT2D eigenvalue weighted by Crippen LogP contribution is 2.08. The van der Waals surface area contributed by atoms with Crippen LogP contribution < -0.4 is 0 Å². The van der Waals surface area contributed by atoms with Crippen LogP contribution in [0.3, 0.4) is 0 Å². The van der Waals surface area contributed by atoms with E-state index in [4.69, 9.17) is 9.90 Å². The Labute approximate surface area is 129 Å². The second-order valence-corrected chi connectivity index (χ2v) is 5.48. The molecule has 21 heavy (non-hydrogen) atoms. The number of rotatable bonds is 10. The number of hydrogen-bond donors (Lipinski definition) is 2. The number of carbonyl (C=O) groups is 1. The van der Waals surface area contributed by atoms with Gasteiger partial charge in [-0.15, -0.1) is 0 Å². The van der Waals surface area contributed by atoms with Crippen molar-refractivity contribution in [3.63, 3.8) is 0 Å². The van der Waals surface area contributed by atoms with Gasteiger partial charge >= 0.3 is 0 Å². The highest BCUT2D eigenvalue weighted by Gasteiger charge is 2.01. The Morgan fingerprint density at radius 3 is 2.10 bits per heavy atom. The summed E-state index contributed by atoms with van der Waals surface area (Å²) in [5.41, 5.74) is 1.26. The molecule has 0 unspecified atom stereocenters. The molecule has 1 aromatic rings. The van der Waals surface area contributed by atoms with Crippen LogP contribution in [0, 0.1) is 0 Å². The van der Waals surface area contributed by atoms with E-state index in [2.05, 4.69) is 30.0 Å². The smallest absolute Gasteiger partial charge is 0.300 e. The number of carboxylic acid groups (broad SMARTS) is 1. The normalized spacial score (nSPS) is 10.0. The zero-order valence-electron chi connectivity index (χ0n) is 14.0. The van der Waals surface area contributed by atoms with Crippen LogP contribution in [0.5, 0.6) is 0 Å². The molecular formula is C17H32N2O2. The number of imidazole rings is 1. The largest absolute Gasteiger partial charge is 0.481 e. The van der Waals surface area contributed by atoms with Crippen molar-refractivity contribution in [2.45, 2.75) is 85.0 Å². The molecule has 0 fully saturated rings. The van der Waals surface area contributed by atoms with E-state index in [0.717, 1.165) is 19.8 Å². The van der Waals surface area contributed by atoms with Gasteiger partial charge in [0.2, 0.25) is 0 Å². The molecular weight excluding hydrogens is 264 g/mol. The van der Waals surface area contributed by atoms with Gasteiger partial charge in [-0.1, -0.05) is 52.4 Å². The minimum atomic E-state index is -0.833. The average molecular weight is 296 g/mol.